The summed E-state index contributed by atoms with van der Waals surface area (Å²) >= 11 is 0. The topological polar surface area (TPSA) is 35.5 Å². The van der Waals surface area contributed by atoms with E-state index in [2.05, 4.69) is 31.9 Å². The van der Waals surface area contributed by atoms with E-state index < -0.39 is 8.07 Å². The van der Waals surface area contributed by atoms with Gasteiger partial charge in [-0.2, -0.15) is 0 Å². The summed E-state index contributed by atoms with van der Waals surface area (Å²) in [6.07, 6.45) is 3.35. The highest BCUT2D eigenvalue weighted by Gasteiger charge is 2.10. The van der Waals surface area contributed by atoms with Gasteiger partial charge in [-0.1, -0.05) is 37.5 Å². The number of rotatable bonds is 7. The minimum Gasteiger partial charge on any atom is -0.457 e. The van der Waals surface area contributed by atoms with Gasteiger partial charge in [-0.15, -0.1) is 6.58 Å². The Balaban J connectivity index is 3.86. The van der Waals surface area contributed by atoms with Crippen LogP contribution in [0.25, 0.3) is 0 Å². The van der Waals surface area contributed by atoms with Crippen molar-refractivity contribution in [2.24, 2.45) is 0 Å². The van der Waals surface area contributed by atoms with Gasteiger partial charge in [-0.05, 0) is 6.92 Å². The van der Waals surface area contributed by atoms with Gasteiger partial charge in [0, 0.05) is 0 Å². The van der Waals surface area contributed by atoms with Gasteiger partial charge in [-0.25, -0.2) is 4.79 Å². The van der Waals surface area contributed by atoms with Gasteiger partial charge in [0.05, 0.1) is 14.7 Å². The SMILES string of the molecule is C=CCOCC(=O)OC(C)/C=C\[Si](C)(C)C. The van der Waals surface area contributed by atoms with E-state index >= 15 is 0 Å². The largest absolute Gasteiger partial charge is 0.457 e. The van der Waals surface area contributed by atoms with Crippen LogP contribution in [0, 0.1) is 0 Å². The van der Waals surface area contributed by atoms with Gasteiger partial charge in [0.1, 0.15) is 12.7 Å². The number of hydrogen-bond donors (Lipinski definition) is 0. The van der Waals surface area contributed by atoms with Gasteiger partial charge >= 0.3 is 5.97 Å². The van der Waals surface area contributed by atoms with Crippen molar-refractivity contribution in [3.63, 3.8) is 0 Å². The summed E-state index contributed by atoms with van der Waals surface area (Å²) in [5.41, 5.74) is 2.16. The maximum absolute atomic E-state index is 11.2. The fourth-order valence-electron chi connectivity index (χ4n) is 0.930. The highest BCUT2D eigenvalue weighted by molar-refractivity contribution is 6.80. The Morgan fingerprint density at radius 3 is 2.56 bits per heavy atom. The fraction of sp³-hybridized carbons (Fsp3) is 0.583. The van der Waals surface area contributed by atoms with Crippen LogP contribution in [0.4, 0.5) is 0 Å². The van der Waals surface area contributed by atoms with Gasteiger partial charge < -0.3 is 9.47 Å². The summed E-state index contributed by atoms with van der Waals surface area (Å²) in [4.78, 5) is 11.2. The van der Waals surface area contributed by atoms with Crippen LogP contribution in [-0.4, -0.2) is 33.4 Å². The lowest BCUT2D eigenvalue weighted by Crippen LogP contribution is -2.20. The Bertz CT molecular complexity index is 253. The van der Waals surface area contributed by atoms with Crippen LogP contribution in [0.5, 0.6) is 0 Å². The average molecular weight is 242 g/mol. The summed E-state index contributed by atoms with van der Waals surface area (Å²) in [6.45, 7) is 12.4. The van der Waals surface area contributed by atoms with Crippen LogP contribution in [-0.2, 0) is 14.3 Å². The second-order valence-electron chi connectivity index (χ2n) is 4.72. The Kier molecular flexibility index (Phi) is 7.00. The molecular weight excluding hydrogens is 220 g/mol. The third kappa shape index (κ3) is 9.67. The number of hydrogen-bond acceptors (Lipinski definition) is 3. The molecule has 0 amide bonds. The number of carbonyl (C=O) groups is 1. The quantitative estimate of drug-likeness (QED) is 0.298. The molecule has 0 radical (unpaired) electrons. The summed E-state index contributed by atoms with van der Waals surface area (Å²) in [6, 6.07) is 0. The molecule has 0 saturated heterocycles. The van der Waals surface area contributed by atoms with Crippen LogP contribution in [0.2, 0.25) is 19.6 Å². The first-order chi connectivity index (χ1) is 7.35. The Hall–Kier alpha value is -0.873. The molecule has 0 aromatic rings. The van der Waals surface area contributed by atoms with Gasteiger partial charge in [0.25, 0.3) is 0 Å². The molecule has 0 aliphatic rings. The lowest BCUT2D eigenvalue weighted by molar-refractivity contribution is -0.151. The fourth-order valence-corrected chi connectivity index (χ4v) is 1.78. The maximum atomic E-state index is 11.2. The third-order valence-electron chi connectivity index (χ3n) is 1.64. The molecule has 1 unspecified atom stereocenters. The van der Waals surface area contributed by atoms with Crippen LogP contribution in [0.15, 0.2) is 24.4 Å². The van der Waals surface area contributed by atoms with E-state index in [4.69, 9.17) is 9.47 Å². The van der Waals surface area contributed by atoms with E-state index in [1.165, 1.54) is 0 Å². The first-order valence-electron chi connectivity index (χ1n) is 5.42. The smallest absolute Gasteiger partial charge is 0.332 e. The van der Waals surface area contributed by atoms with Crippen LogP contribution >= 0.6 is 0 Å². The zero-order valence-corrected chi connectivity index (χ0v) is 11.7. The molecule has 92 valence electrons. The zero-order chi connectivity index (χ0) is 12.6. The summed E-state index contributed by atoms with van der Waals surface area (Å²) in [5.74, 6) is -0.338. The van der Waals surface area contributed by atoms with Crippen LogP contribution in [0.1, 0.15) is 6.92 Å². The molecule has 0 fully saturated rings. The summed E-state index contributed by atoms with van der Waals surface area (Å²) < 4.78 is 10.1. The summed E-state index contributed by atoms with van der Waals surface area (Å²) in [5, 5.41) is 0. The normalized spacial score (nSPS) is 13.8. The maximum Gasteiger partial charge on any atom is 0.332 e. The van der Waals surface area contributed by atoms with E-state index in [0.717, 1.165) is 0 Å². The molecule has 0 spiro atoms. The van der Waals surface area contributed by atoms with Crippen molar-refractivity contribution >= 4 is 14.0 Å². The highest BCUT2D eigenvalue weighted by atomic mass is 28.3. The lowest BCUT2D eigenvalue weighted by Gasteiger charge is -2.12. The van der Waals surface area contributed by atoms with Crippen LogP contribution in [0.3, 0.4) is 0 Å². The molecule has 4 heteroatoms. The van der Waals surface area contributed by atoms with Crippen molar-refractivity contribution in [2.75, 3.05) is 13.2 Å². The van der Waals surface area contributed by atoms with E-state index in [1.54, 1.807) is 6.08 Å². The molecule has 0 aromatic heterocycles. The standard InChI is InChI=1S/C12H22O3Si/c1-6-8-14-10-12(13)15-11(2)7-9-16(3,4)5/h6-7,9,11H,1,8,10H2,2-5H3/b9-7-. The lowest BCUT2D eigenvalue weighted by atomic mass is 10.4. The van der Waals surface area contributed by atoms with E-state index in [0.29, 0.717) is 6.61 Å². The molecule has 1 atom stereocenters. The molecule has 16 heavy (non-hydrogen) atoms. The van der Waals surface area contributed by atoms with Crippen molar-refractivity contribution in [3.8, 4) is 0 Å². The molecule has 0 bridgehead atoms. The van der Waals surface area contributed by atoms with Crippen molar-refractivity contribution < 1.29 is 14.3 Å². The van der Waals surface area contributed by atoms with Crippen molar-refractivity contribution in [1.82, 2.24) is 0 Å². The Morgan fingerprint density at radius 1 is 1.44 bits per heavy atom. The molecule has 3 nitrogen and oxygen atoms in total. The monoisotopic (exact) mass is 242 g/mol. The van der Waals surface area contributed by atoms with Crippen molar-refractivity contribution in [3.05, 3.63) is 24.4 Å². The first-order valence-corrected chi connectivity index (χ1v) is 9.00. The van der Waals surface area contributed by atoms with E-state index in [9.17, 15) is 4.79 Å². The minimum absolute atomic E-state index is 0.0167. The van der Waals surface area contributed by atoms with Gasteiger partial charge in [0.15, 0.2) is 0 Å². The average Bonchev–Trinajstić information content (AvgIpc) is 2.14. The molecule has 0 aromatic carbocycles. The van der Waals surface area contributed by atoms with Crippen molar-refractivity contribution in [2.45, 2.75) is 32.7 Å². The number of esters is 1. The van der Waals surface area contributed by atoms with Gasteiger partial charge in [0.2, 0.25) is 0 Å². The van der Waals surface area contributed by atoms with Crippen molar-refractivity contribution in [1.29, 1.82) is 0 Å². The summed E-state index contributed by atoms with van der Waals surface area (Å²) in [7, 11) is -1.22. The molecule has 0 aliphatic heterocycles. The highest BCUT2D eigenvalue weighted by Crippen LogP contribution is 2.04. The van der Waals surface area contributed by atoms with E-state index in [-0.39, 0.29) is 18.7 Å². The molecule has 0 aliphatic carbocycles. The molecule has 0 saturated carbocycles. The predicted octanol–water partition coefficient (Wildman–Crippen LogP) is 2.55. The van der Waals surface area contributed by atoms with Crippen LogP contribution < -0.4 is 0 Å². The third-order valence-corrected chi connectivity index (χ3v) is 2.83. The zero-order valence-electron chi connectivity index (χ0n) is 10.7. The second kappa shape index (κ2) is 7.41. The van der Waals surface area contributed by atoms with Gasteiger partial charge in [-0.3, -0.25) is 0 Å². The molecule has 0 rings (SSSR count). The minimum atomic E-state index is -1.22. The second-order valence-corrected chi connectivity index (χ2v) is 9.79. The van der Waals surface area contributed by atoms with E-state index in [1.807, 2.05) is 13.0 Å². The Morgan fingerprint density at radius 2 is 2.06 bits per heavy atom. The molecular formula is C12H22O3Si. The Labute approximate surface area is 99.1 Å². The first kappa shape index (κ1) is 15.1. The number of carbonyl (C=O) groups excluding carboxylic acids is 1. The number of ether oxygens (including phenoxy) is 2. The molecule has 0 N–H and O–H groups in total. The predicted molar refractivity (Wildman–Crippen MR) is 69.1 cm³/mol. The molecule has 0 heterocycles.